The molecule has 1 aliphatic rings. The largest absolute Gasteiger partial charge is 0.759 e. The van der Waals surface area contributed by atoms with E-state index < -0.39 is 22.8 Å². The zero-order valence-corrected chi connectivity index (χ0v) is 9.97. The predicted molar refractivity (Wildman–Crippen MR) is 54.4 cm³/mol. The molecule has 0 aliphatic heterocycles. The van der Waals surface area contributed by atoms with Gasteiger partial charge in [-0.25, -0.2) is 4.79 Å². The second kappa shape index (κ2) is 5.25. The summed E-state index contributed by atoms with van der Waals surface area (Å²) >= 11 is 3.02. The Hall–Kier alpha value is -0.170. The van der Waals surface area contributed by atoms with Crippen LogP contribution in [-0.4, -0.2) is 31.2 Å². The van der Waals surface area contributed by atoms with Crippen molar-refractivity contribution in [1.29, 1.82) is 0 Å². The van der Waals surface area contributed by atoms with E-state index in [1.54, 1.807) is 0 Å². The number of rotatable bonds is 3. The molecule has 1 rings (SSSR count). The van der Waals surface area contributed by atoms with Crippen LogP contribution in [0.3, 0.4) is 0 Å². The first-order valence-electron chi connectivity index (χ1n) is 4.68. The highest BCUT2D eigenvalue weighted by atomic mass is 35.5. The highest BCUT2D eigenvalue weighted by Gasteiger charge is 2.46. The molecular weight excluding hydrogens is 242 g/mol. The number of carbonyl (C=O) groups excluding carboxylic acids is 1. The van der Waals surface area contributed by atoms with Gasteiger partial charge in [-0.3, -0.25) is 4.21 Å². The first kappa shape index (κ1) is 12.9. The molecule has 0 amide bonds. The molecule has 15 heavy (non-hydrogen) atoms. The van der Waals surface area contributed by atoms with Crippen molar-refractivity contribution < 1.29 is 18.3 Å². The fraction of sp³-hybridized carbons (Fsp3) is 0.875. The molecular formula is C8H13ClNO4S-. The van der Waals surface area contributed by atoms with Gasteiger partial charge in [0.15, 0.2) is 0 Å². The zero-order chi connectivity index (χ0) is 11.5. The van der Waals surface area contributed by atoms with Gasteiger partial charge in [-0.15, -0.1) is 3.82 Å². The van der Waals surface area contributed by atoms with Crippen LogP contribution in [-0.2, 0) is 20.8 Å². The molecule has 0 bridgehead atoms. The van der Waals surface area contributed by atoms with Crippen LogP contribution in [0.25, 0.3) is 0 Å². The summed E-state index contributed by atoms with van der Waals surface area (Å²) in [6.45, 7) is 0. The van der Waals surface area contributed by atoms with Gasteiger partial charge in [0.05, 0.1) is 7.11 Å². The molecule has 5 nitrogen and oxygen atoms in total. The molecule has 0 N–H and O–H groups in total. The summed E-state index contributed by atoms with van der Waals surface area (Å²) in [6.07, 6.45) is 3.36. The first-order chi connectivity index (χ1) is 7.04. The van der Waals surface area contributed by atoms with E-state index in [9.17, 15) is 13.6 Å². The Balaban J connectivity index is 2.94. The van der Waals surface area contributed by atoms with Crippen molar-refractivity contribution in [1.82, 2.24) is 3.82 Å². The zero-order valence-electron chi connectivity index (χ0n) is 8.40. The second-order valence-electron chi connectivity index (χ2n) is 3.55. The summed E-state index contributed by atoms with van der Waals surface area (Å²) in [6, 6.07) is 0. The van der Waals surface area contributed by atoms with Crippen molar-refractivity contribution in [3.8, 4) is 0 Å². The lowest BCUT2D eigenvalue weighted by molar-refractivity contribution is -0.152. The van der Waals surface area contributed by atoms with E-state index in [2.05, 4.69) is 4.74 Å². The van der Waals surface area contributed by atoms with Crippen LogP contribution in [0, 0.1) is 0 Å². The summed E-state index contributed by atoms with van der Waals surface area (Å²) in [5.41, 5.74) is -1.21. The number of carbonyl (C=O) groups is 1. The van der Waals surface area contributed by atoms with E-state index in [0.717, 1.165) is 19.3 Å². The van der Waals surface area contributed by atoms with Gasteiger partial charge < -0.3 is 9.29 Å². The van der Waals surface area contributed by atoms with Crippen LogP contribution in [0.2, 0.25) is 0 Å². The fourth-order valence-corrected chi connectivity index (χ4v) is 2.70. The number of hydrogen-bond donors (Lipinski definition) is 0. The summed E-state index contributed by atoms with van der Waals surface area (Å²) in [5.74, 6) is -0.582. The standard InChI is InChI=1S/C8H14ClNO4S/c1-14-7(11)8(10(9)15(12)13)5-3-2-4-6-8/h2-6H2,1H3,(H,12,13)/p-1. The van der Waals surface area contributed by atoms with E-state index in [4.69, 9.17) is 11.8 Å². The van der Waals surface area contributed by atoms with Gasteiger partial charge in [0, 0.05) is 11.3 Å². The summed E-state index contributed by atoms with van der Waals surface area (Å²) < 4.78 is 26.8. The molecule has 0 aromatic rings. The highest BCUT2D eigenvalue weighted by Crippen LogP contribution is 2.36. The minimum Gasteiger partial charge on any atom is -0.759 e. The maximum Gasteiger partial charge on any atom is 0.328 e. The minimum atomic E-state index is -2.62. The highest BCUT2D eigenvalue weighted by molar-refractivity contribution is 7.77. The van der Waals surface area contributed by atoms with Crippen LogP contribution in [0.5, 0.6) is 0 Å². The van der Waals surface area contributed by atoms with Gasteiger partial charge in [0.1, 0.15) is 5.54 Å². The maximum atomic E-state index is 11.6. The Morgan fingerprint density at radius 2 is 2.00 bits per heavy atom. The van der Waals surface area contributed by atoms with E-state index in [-0.39, 0.29) is 0 Å². The Kier molecular flexibility index (Phi) is 4.51. The lowest BCUT2D eigenvalue weighted by Gasteiger charge is -2.39. The van der Waals surface area contributed by atoms with Gasteiger partial charge in [-0.05, 0) is 24.6 Å². The quantitative estimate of drug-likeness (QED) is 0.430. The third-order valence-electron chi connectivity index (χ3n) is 2.71. The molecule has 1 aliphatic carbocycles. The lowest BCUT2D eigenvalue weighted by Crippen LogP contribution is -2.52. The number of methoxy groups -OCH3 is 1. The third kappa shape index (κ3) is 2.50. The summed E-state index contributed by atoms with van der Waals surface area (Å²) in [4.78, 5) is 11.6. The van der Waals surface area contributed by atoms with Crippen LogP contribution in [0.1, 0.15) is 32.1 Å². The number of hydrogen-bond acceptors (Lipinski definition) is 4. The molecule has 1 atom stereocenters. The molecule has 7 heteroatoms. The minimum absolute atomic E-state index is 0.414. The molecule has 0 heterocycles. The lowest BCUT2D eigenvalue weighted by atomic mass is 9.82. The van der Waals surface area contributed by atoms with Crippen LogP contribution < -0.4 is 0 Å². The Bertz CT molecular complexity index is 267. The summed E-state index contributed by atoms with van der Waals surface area (Å²) in [5, 5.41) is 0. The van der Waals surface area contributed by atoms with Crippen molar-refractivity contribution in [3.05, 3.63) is 0 Å². The van der Waals surface area contributed by atoms with Crippen LogP contribution in [0.4, 0.5) is 0 Å². The van der Waals surface area contributed by atoms with Gasteiger partial charge in [-0.1, -0.05) is 19.3 Å². The Labute approximate surface area is 96.3 Å². The fourth-order valence-electron chi connectivity index (χ4n) is 1.92. The number of nitrogens with zero attached hydrogens (tertiary/aromatic N) is 1. The van der Waals surface area contributed by atoms with Crippen molar-refractivity contribution >= 4 is 29.0 Å². The maximum absolute atomic E-state index is 11.6. The van der Waals surface area contributed by atoms with Gasteiger partial charge >= 0.3 is 5.97 Å². The molecule has 0 aromatic carbocycles. The van der Waals surface area contributed by atoms with E-state index >= 15 is 0 Å². The monoisotopic (exact) mass is 254 g/mol. The van der Waals surface area contributed by atoms with Gasteiger partial charge in [-0.2, -0.15) is 0 Å². The molecule has 0 aromatic heterocycles. The third-order valence-corrected chi connectivity index (χ3v) is 3.99. The number of ether oxygens (including phenoxy) is 1. The molecule has 88 valence electrons. The SMILES string of the molecule is COC(=O)C1(N(Cl)S(=O)[O-])CCCCC1. The first-order valence-corrected chi connectivity index (χ1v) is 6.05. The molecule has 0 spiro atoms. The molecule has 0 radical (unpaired) electrons. The summed E-state index contributed by atoms with van der Waals surface area (Å²) in [7, 11) is 1.23. The average Bonchev–Trinajstić information content (AvgIpc) is 2.27. The van der Waals surface area contributed by atoms with Crippen molar-refractivity contribution in [2.45, 2.75) is 37.6 Å². The topological polar surface area (TPSA) is 69.7 Å². The van der Waals surface area contributed by atoms with Crippen molar-refractivity contribution in [3.63, 3.8) is 0 Å². The van der Waals surface area contributed by atoms with Crippen molar-refractivity contribution in [2.75, 3.05) is 7.11 Å². The molecule has 1 saturated carbocycles. The van der Waals surface area contributed by atoms with Gasteiger partial charge in [0.25, 0.3) is 0 Å². The molecule has 1 unspecified atom stereocenters. The van der Waals surface area contributed by atoms with E-state index in [0.29, 0.717) is 16.7 Å². The normalized spacial score (nSPS) is 22.4. The van der Waals surface area contributed by atoms with Crippen LogP contribution in [0.15, 0.2) is 0 Å². The van der Waals surface area contributed by atoms with Crippen LogP contribution >= 0.6 is 11.8 Å². The Morgan fingerprint density at radius 1 is 1.47 bits per heavy atom. The van der Waals surface area contributed by atoms with Gasteiger partial charge in [0.2, 0.25) is 0 Å². The molecule has 0 saturated heterocycles. The average molecular weight is 255 g/mol. The van der Waals surface area contributed by atoms with Crippen molar-refractivity contribution in [2.24, 2.45) is 0 Å². The number of esters is 1. The smallest absolute Gasteiger partial charge is 0.328 e. The molecule has 1 fully saturated rings. The predicted octanol–water partition coefficient (Wildman–Crippen LogP) is 1.11. The van der Waals surface area contributed by atoms with E-state index in [1.165, 1.54) is 7.11 Å². The Morgan fingerprint density at radius 3 is 2.40 bits per heavy atom. The second-order valence-corrected chi connectivity index (χ2v) is 4.88. The van der Waals surface area contributed by atoms with E-state index in [1.807, 2.05) is 0 Å². The number of halogens is 1.